The first kappa shape index (κ1) is 22.0. The first-order valence-electron chi connectivity index (χ1n) is 9.56. The first-order chi connectivity index (χ1) is 14.0. The lowest BCUT2D eigenvalue weighted by molar-refractivity contribution is -0.384. The molecular weight excluding hydrogens is 373 g/mol. The van der Waals surface area contributed by atoms with E-state index < -0.39 is 10.9 Å². The Labute approximate surface area is 169 Å². The average Bonchev–Trinajstić information content (AvgIpc) is 2.71. The highest BCUT2D eigenvalue weighted by Crippen LogP contribution is 2.22. The van der Waals surface area contributed by atoms with Crippen LogP contribution in [0.25, 0.3) is 5.57 Å². The van der Waals surface area contributed by atoms with Gasteiger partial charge in [0, 0.05) is 12.1 Å². The van der Waals surface area contributed by atoms with Crippen molar-refractivity contribution in [3.05, 3.63) is 88.3 Å². The second-order valence-corrected chi connectivity index (χ2v) is 6.51. The minimum absolute atomic E-state index is 0.0637. The predicted octanol–water partition coefficient (Wildman–Crippen LogP) is 6.25. The number of halogens is 1. The van der Waals surface area contributed by atoms with Gasteiger partial charge >= 0.3 is 5.97 Å². The summed E-state index contributed by atoms with van der Waals surface area (Å²) in [6, 6.07) is 11.7. The third-order valence-electron chi connectivity index (χ3n) is 4.26. The Bertz CT molecular complexity index is 871. The van der Waals surface area contributed by atoms with Crippen molar-refractivity contribution in [2.24, 2.45) is 0 Å². The van der Waals surface area contributed by atoms with Crippen molar-refractivity contribution in [1.82, 2.24) is 0 Å². The number of benzene rings is 2. The van der Waals surface area contributed by atoms with E-state index in [0.29, 0.717) is 0 Å². The van der Waals surface area contributed by atoms with Gasteiger partial charge in [-0.25, -0.2) is 4.39 Å². The highest BCUT2D eigenvalue weighted by Gasteiger charge is 2.07. The van der Waals surface area contributed by atoms with Crippen molar-refractivity contribution in [2.45, 2.75) is 39.0 Å². The number of nitrogens with zero attached hydrogens (tertiary/aromatic N) is 1. The van der Waals surface area contributed by atoms with Crippen LogP contribution in [0, 0.1) is 15.9 Å². The molecule has 0 spiro atoms. The van der Waals surface area contributed by atoms with Gasteiger partial charge in [0.05, 0.1) is 11.3 Å². The van der Waals surface area contributed by atoms with E-state index in [1.807, 2.05) is 6.08 Å². The molecule has 0 fully saturated rings. The zero-order valence-electron chi connectivity index (χ0n) is 16.3. The summed E-state index contributed by atoms with van der Waals surface area (Å²) in [4.78, 5) is 22.0. The minimum atomic E-state index is -0.514. The van der Waals surface area contributed by atoms with Gasteiger partial charge in [0.1, 0.15) is 11.6 Å². The van der Waals surface area contributed by atoms with Gasteiger partial charge in [-0.1, -0.05) is 50.1 Å². The molecule has 6 heteroatoms. The van der Waals surface area contributed by atoms with E-state index in [1.165, 1.54) is 36.4 Å². The summed E-state index contributed by atoms with van der Waals surface area (Å²) in [7, 11) is 0. The number of hydrogen-bond acceptors (Lipinski definition) is 4. The van der Waals surface area contributed by atoms with Crippen LogP contribution in [0.3, 0.4) is 0 Å². The van der Waals surface area contributed by atoms with Gasteiger partial charge in [-0.2, -0.15) is 0 Å². The van der Waals surface area contributed by atoms with Gasteiger partial charge in [0.25, 0.3) is 5.69 Å². The summed E-state index contributed by atoms with van der Waals surface area (Å²) in [6.07, 6.45) is 9.62. The van der Waals surface area contributed by atoms with Gasteiger partial charge in [-0.05, 0) is 48.2 Å². The van der Waals surface area contributed by atoms with Gasteiger partial charge in [-0.15, -0.1) is 0 Å². The maximum absolute atomic E-state index is 13.2. The van der Waals surface area contributed by atoms with Crippen molar-refractivity contribution >= 4 is 17.2 Å². The third kappa shape index (κ3) is 7.70. The van der Waals surface area contributed by atoms with Crippen LogP contribution in [0.5, 0.6) is 5.75 Å². The van der Waals surface area contributed by atoms with Crippen LogP contribution in [-0.4, -0.2) is 10.9 Å². The molecule has 0 aliphatic rings. The van der Waals surface area contributed by atoms with Gasteiger partial charge in [0.15, 0.2) is 0 Å². The molecule has 0 saturated carbocycles. The minimum Gasteiger partial charge on any atom is -0.426 e. The predicted molar refractivity (Wildman–Crippen MR) is 111 cm³/mol. The molecule has 0 atom stereocenters. The summed E-state index contributed by atoms with van der Waals surface area (Å²) < 4.78 is 18.3. The number of hydrogen-bond donors (Lipinski definition) is 0. The molecule has 5 nitrogen and oxygen atoms in total. The Hall–Kier alpha value is -3.28. The lowest BCUT2D eigenvalue weighted by atomic mass is 9.99. The molecule has 0 aromatic heterocycles. The van der Waals surface area contributed by atoms with Crippen molar-refractivity contribution < 1.29 is 18.8 Å². The zero-order valence-corrected chi connectivity index (χ0v) is 16.3. The Balaban J connectivity index is 1.95. The normalized spacial score (nSPS) is 11.6. The van der Waals surface area contributed by atoms with Crippen LogP contribution in [0.15, 0.2) is 66.8 Å². The van der Waals surface area contributed by atoms with Crippen molar-refractivity contribution in [1.29, 1.82) is 0 Å². The van der Waals surface area contributed by atoms with Crippen molar-refractivity contribution in [2.75, 3.05) is 0 Å². The Morgan fingerprint density at radius 3 is 2.41 bits per heavy atom. The highest BCUT2D eigenvalue weighted by molar-refractivity contribution is 5.74. The standard InChI is InChI=1S/C23H24FNO4/c1-2-3-4-7-18(19-10-12-20(24)13-11-19)8-5-6-9-23(26)29-22-16-14-21(15-17-22)25(27)28/h5-6,8,10-17H,2-4,7,9H2,1H3/b6-5+,18-8+. The van der Waals surface area contributed by atoms with Crippen LogP contribution in [0.4, 0.5) is 10.1 Å². The molecule has 152 valence electrons. The first-order valence-corrected chi connectivity index (χ1v) is 9.56. The Morgan fingerprint density at radius 2 is 1.79 bits per heavy atom. The second kappa shape index (κ2) is 11.5. The quantitative estimate of drug-likeness (QED) is 0.119. The van der Waals surface area contributed by atoms with E-state index in [4.69, 9.17) is 4.74 Å². The largest absolute Gasteiger partial charge is 0.426 e. The van der Waals surface area contributed by atoms with E-state index in [-0.39, 0.29) is 23.7 Å². The average molecular weight is 397 g/mol. The fraction of sp³-hybridized carbons (Fsp3) is 0.261. The maximum atomic E-state index is 13.2. The summed E-state index contributed by atoms with van der Waals surface area (Å²) in [5.41, 5.74) is 1.98. The molecule has 0 N–H and O–H groups in total. The second-order valence-electron chi connectivity index (χ2n) is 6.51. The SMILES string of the molecule is CCCCC/C(=C\C=C\CC(=O)Oc1ccc([N+](=O)[O-])cc1)c1ccc(F)cc1. The summed E-state index contributed by atoms with van der Waals surface area (Å²) in [6.45, 7) is 2.14. The number of esters is 1. The van der Waals surface area contributed by atoms with E-state index >= 15 is 0 Å². The fourth-order valence-corrected chi connectivity index (χ4v) is 2.71. The topological polar surface area (TPSA) is 69.4 Å². The van der Waals surface area contributed by atoms with E-state index in [9.17, 15) is 19.3 Å². The molecule has 0 saturated heterocycles. The summed E-state index contributed by atoms with van der Waals surface area (Å²) in [5, 5.41) is 10.6. The number of unbranched alkanes of at least 4 members (excludes halogenated alkanes) is 2. The number of allylic oxidation sites excluding steroid dienone is 3. The molecule has 0 heterocycles. The molecule has 2 aromatic carbocycles. The monoisotopic (exact) mass is 397 g/mol. The number of carbonyl (C=O) groups is 1. The maximum Gasteiger partial charge on any atom is 0.315 e. The lowest BCUT2D eigenvalue weighted by Gasteiger charge is -2.07. The molecule has 0 aliphatic carbocycles. The van der Waals surface area contributed by atoms with Crippen molar-refractivity contribution in [3.63, 3.8) is 0 Å². The molecule has 0 amide bonds. The molecule has 0 unspecified atom stereocenters. The summed E-state index contributed by atoms with van der Waals surface area (Å²) >= 11 is 0. The Morgan fingerprint density at radius 1 is 1.10 bits per heavy atom. The Kier molecular flexibility index (Phi) is 8.76. The molecular formula is C23H24FNO4. The van der Waals surface area contributed by atoms with Crippen LogP contribution >= 0.6 is 0 Å². The zero-order chi connectivity index (χ0) is 21.1. The number of nitro benzene ring substituents is 1. The van der Waals surface area contributed by atoms with E-state index in [0.717, 1.165) is 36.8 Å². The highest BCUT2D eigenvalue weighted by atomic mass is 19.1. The molecule has 2 aromatic rings. The molecule has 29 heavy (non-hydrogen) atoms. The molecule has 0 radical (unpaired) electrons. The van der Waals surface area contributed by atoms with Crippen LogP contribution in [-0.2, 0) is 4.79 Å². The summed E-state index contributed by atoms with van der Waals surface area (Å²) in [5.74, 6) is -0.472. The fourth-order valence-electron chi connectivity index (χ4n) is 2.71. The number of carbonyl (C=O) groups excluding carboxylic acids is 1. The van der Waals surface area contributed by atoms with Crippen molar-refractivity contribution in [3.8, 4) is 5.75 Å². The van der Waals surface area contributed by atoms with Crippen LogP contribution in [0.2, 0.25) is 0 Å². The van der Waals surface area contributed by atoms with Crippen LogP contribution in [0.1, 0.15) is 44.6 Å². The van der Waals surface area contributed by atoms with Crippen LogP contribution < -0.4 is 4.74 Å². The lowest BCUT2D eigenvalue weighted by Crippen LogP contribution is -2.06. The molecule has 0 aliphatic heterocycles. The number of ether oxygens (including phenoxy) is 1. The van der Waals surface area contributed by atoms with E-state index in [2.05, 4.69) is 6.92 Å². The number of nitro groups is 1. The molecule has 2 rings (SSSR count). The molecule has 0 bridgehead atoms. The third-order valence-corrected chi connectivity index (χ3v) is 4.26. The van der Waals surface area contributed by atoms with Gasteiger partial charge in [-0.3, -0.25) is 14.9 Å². The number of rotatable bonds is 10. The van der Waals surface area contributed by atoms with E-state index in [1.54, 1.807) is 24.3 Å². The smallest absolute Gasteiger partial charge is 0.315 e. The van der Waals surface area contributed by atoms with Gasteiger partial charge < -0.3 is 4.74 Å². The van der Waals surface area contributed by atoms with Gasteiger partial charge in [0.2, 0.25) is 0 Å². The number of non-ortho nitro benzene ring substituents is 1.